The molecule has 2 heterocycles. The van der Waals surface area contributed by atoms with Gasteiger partial charge in [-0.15, -0.1) is 0 Å². The van der Waals surface area contributed by atoms with Gasteiger partial charge in [-0.25, -0.2) is 4.79 Å². The largest absolute Gasteiger partial charge is 0.444 e. The van der Waals surface area contributed by atoms with Gasteiger partial charge in [0.2, 0.25) is 0 Å². The maximum atomic E-state index is 12.3. The van der Waals surface area contributed by atoms with E-state index >= 15 is 0 Å². The number of hydrogen-bond donors (Lipinski definition) is 1. The Kier molecular flexibility index (Phi) is 4.95. The van der Waals surface area contributed by atoms with Crippen LogP contribution < -0.4 is 5.32 Å². The molecule has 6 heteroatoms. The van der Waals surface area contributed by atoms with Gasteiger partial charge < -0.3 is 10.1 Å². The number of hydrogen-bond acceptors (Lipinski definition) is 4. The molecule has 0 spiro atoms. The number of ether oxygens (including phenoxy) is 1. The van der Waals surface area contributed by atoms with Gasteiger partial charge in [0.05, 0.1) is 16.3 Å². The van der Waals surface area contributed by atoms with Gasteiger partial charge in [0.1, 0.15) is 5.60 Å². The summed E-state index contributed by atoms with van der Waals surface area (Å²) in [4.78, 5) is 21.0. The van der Waals surface area contributed by atoms with Crippen molar-refractivity contribution in [2.75, 3.05) is 0 Å². The third-order valence-corrected chi connectivity index (χ3v) is 5.67. The first-order chi connectivity index (χ1) is 13.8. The topological polar surface area (TPSA) is 64.1 Å². The summed E-state index contributed by atoms with van der Waals surface area (Å²) in [5.41, 5.74) is 1.85. The molecule has 2 aromatic heterocycles. The molecule has 1 aliphatic carbocycles. The second-order valence-corrected chi connectivity index (χ2v) is 8.90. The molecule has 150 valence electrons. The first-order valence-corrected chi connectivity index (χ1v) is 10.2. The van der Waals surface area contributed by atoms with Crippen LogP contribution in [0.25, 0.3) is 22.0 Å². The van der Waals surface area contributed by atoms with E-state index in [-0.39, 0.29) is 11.6 Å². The number of benzene rings is 1. The van der Waals surface area contributed by atoms with E-state index in [2.05, 4.69) is 15.3 Å². The molecule has 1 fully saturated rings. The molecule has 1 saturated carbocycles. The maximum Gasteiger partial charge on any atom is 0.408 e. The lowest BCUT2D eigenvalue weighted by atomic mass is 9.71. The van der Waals surface area contributed by atoms with Gasteiger partial charge in [0, 0.05) is 34.9 Å². The molecule has 1 aromatic carbocycles. The number of nitrogens with one attached hydrogen (secondary N) is 1. The first-order valence-electron chi connectivity index (χ1n) is 9.78. The minimum Gasteiger partial charge on any atom is -0.444 e. The number of carbonyl (C=O) groups is 1. The molecular weight excluding hydrogens is 386 g/mol. The highest BCUT2D eigenvalue weighted by atomic mass is 35.5. The van der Waals surface area contributed by atoms with Crippen LogP contribution in [0.3, 0.4) is 0 Å². The molecule has 0 saturated heterocycles. The van der Waals surface area contributed by atoms with Crippen LogP contribution in [0, 0.1) is 0 Å². The van der Waals surface area contributed by atoms with Gasteiger partial charge >= 0.3 is 6.09 Å². The van der Waals surface area contributed by atoms with Gasteiger partial charge in [-0.05, 0) is 51.7 Å². The normalized spacial score (nSPS) is 15.6. The van der Waals surface area contributed by atoms with Crippen LogP contribution in [-0.4, -0.2) is 21.7 Å². The fourth-order valence-corrected chi connectivity index (χ4v) is 4.02. The number of amides is 1. The summed E-state index contributed by atoms with van der Waals surface area (Å²) in [5, 5.41) is 5.54. The average molecular weight is 410 g/mol. The van der Waals surface area contributed by atoms with Crippen molar-refractivity contribution in [2.45, 2.75) is 51.2 Å². The Hall–Kier alpha value is -2.66. The van der Waals surface area contributed by atoms with Crippen molar-refractivity contribution < 1.29 is 9.53 Å². The predicted octanol–water partition coefficient (Wildman–Crippen LogP) is 5.85. The van der Waals surface area contributed by atoms with Crippen molar-refractivity contribution in [2.24, 2.45) is 0 Å². The summed E-state index contributed by atoms with van der Waals surface area (Å²) in [6, 6.07) is 9.99. The molecule has 29 heavy (non-hydrogen) atoms. The van der Waals surface area contributed by atoms with Crippen LogP contribution in [0.5, 0.6) is 0 Å². The predicted molar refractivity (Wildman–Crippen MR) is 115 cm³/mol. The Morgan fingerprint density at radius 3 is 2.48 bits per heavy atom. The Labute approximate surface area is 175 Å². The summed E-state index contributed by atoms with van der Waals surface area (Å²) in [6.45, 7) is 5.60. The smallest absolute Gasteiger partial charge is 0.408 e. The number of alkyl carbamates (subject to hydrolysis) is 1. The fourth-order valence-electron chi connectivity index (χ4n) is 3.69. The zero-order valence-corrected chi connectivity index (χ0v) is 17.6. The van der Waals surface area contributed by atoms with Crippen molar-refractivity contribution >= 4 is 28.5 Å². The molecule has 0 radical (unpaired) electrons. The van der Waals surface area contributed by atoms with Crippen LogP contribution in [0.15, 0.2) is 48.9 Å². The van der Waals surface area contributed by atoms with Crippen molar-refractivity contribution in [1.29, 1.82) is 0 Å². The number of rotatable bonds is 3. The third kappa shape index (κ3) is 3.92. The second kappa shape index (κ2) is 7.30. The Morgan fingerprint density at radius 1 is 1.14 bits per heavy atom. The number of halogens is 1. The zero-order chi connectivity index (χ0) is 20.6. The maximum absolute atomic E-state index is 12.3. The van der Waals surface area contributed by atoms with Crippen LogP contribution in [0.4, 0.5) is 4.79 Å². The molecule has 0 bridgehead atoms. The SMILES string of the molecule is CC(C)(C)OC(=O)NC1(c2ccc(-c3ncc4cnccc4c3Cl)cc2)CCC1. The summed E-state index contributed by atoms with van der Waals surface area (Å²) in [7, 11) is 0. The van der Waals surface area contributed by atoms with Gasteiger partial charge in [0.15, 0.2) is 0 Å². The first kappa shape index (κ1) is 19.6. The van der Waals surface area contributed by atoms with Crippen molar-refractivity contribution in [3.63, 3.8) is 0 Å². The molecule has 0 unspecified atom stereocenters. The van der Waals surface area contributed by atoms with Crippen LogP contribution >= 0.6 is 11.6 Å². The Balaban J connectivity index is 1.60. The van der Waals surface area contributed by atoms with E-state index in [1.807, 2.05) is 51.1 Å². The van der Waals surface area contributed by atoms with Gasteiger partial charge in [-0.3, -0.25) is 9.97 Å². The van der Waals surface area contributed by atoms with Gasteiger partial charge in [-0.1, -0.05) is 35.9 Å². The Bertz CT molecular complexity index is 1050. The highest BCUT2D eigenvalue weighted by Crippen LogP contribution is 2.42. The molecule has 4 rings (SSSR count). The van der Waals surface area contributed by atoms with E-state index in [0.717, 1.165) is 46.9 Å². The molecule has 5 nitrogen and oxygen atoms in total. The number of carbonyl (C=O) groups excluding carboxylic acids is 1. The number of fused-ring (bicyclic) bond motifs is 1. The van der Waals surface area contributed by atoms with Crippen molar-refractivity contribution in [1.82, 2.24) is 15.3 Å². The second-order valence-electron chi connectivity index (χ2n) is 8.52. The van der Waals surface area contributed by atoms with E-state index in [1.54, 1.807) is 18.6 Å². The summed E-state index contributed by atoms with van der Waals surface area (Å²) < 4.78 is 5.46. The van der Waals surface area contributed by atoms with E-state index in [1.165, 1.54) is 0 Å². The average Bonchev–Trinajstić information content (AvgIpc) is 2.64. The number of aromatic nitrogens is 2. The highest BCUT2D eigenvalue weighted by molar-refractivity contribution is 6.37. The standard InChI is InChI=1S/C23H24ClN3O2/c1-22(2,3)29-21(28)27-23(10-4-11-23)17-7-5-15(6-8-17)20-19(24)18-9-12-25-13-16(18)14-26-20/h5-9,12-14H,4,10-11H2,1-3H3,(H,27,28). The highest BCUT2D eigenvalue weighted by Gasteiger charge is 2.41. The van der Waals surface area contributed by atoms with E-state index < -0.39 is 5.60 Å². The van der Waals surface area contributed by atoms with Crippen LogP contribution in [0.1, 0.15) is 45.6 Å². The molecule has 0 atom stereocenters. The Morgan fingerprint density at radius 2 is 1.86 bits per heavy atom. The lowest BCUT2D eigenvalue weighted by Crippen LogP contribution is -2.52. The third-order valence-electron chi connectivity index (χ3n) is 5.29. The summed E-state index contributed by atoms with van der Waals surface area (Å²) in [6.07, 6.45) is 7.75. The quantitative estimate of drug-likeness (QED) is 0.588. The monoisotopic (exact) mass is 409 g/mol. The summed E-state index contributed by atoms with van der Waals surface area (Å²) >= 11 is 6.61. The molecule has 1 aliphatic rings. The van der Waals surface area contributed by atoms with Crippen LogP contribution in [-0.2, 0) is 10.3 Å². The zero-order valence-electron chi connectivity index (χ0n) is 16.8. The summed E-state index contributed by atoms with van der Waals surface area (Å²) in [5.74, 6) is 0. The van der Waals surface area contributed by atoms with Crippen molar-refractivity contribution in [3.05, 3.63) is 59.5 Å². The molecule has 1 amide bonds. The van der Waals surface area contributed by atoms with E-state index in [0.29, 0.717) is 5.02 Å². The lowest BCUT2D eigenvalue weighted by molar-refractivity contribution is 0.0377. The molecular formula is C23H24ClN3O2. The van der Waals surface area contributed by atoms with Gasteiger partial charge in [0.25, 0.3) is 0 Å². The van der Waals surface area contributed by atoms with E-state index in [9.17, 15) is 4.79 Å². The van der Waals surface area contributed by atoms with Crippen molar-refractivity contribution in [3.8, 4) is 11.3 Å². The minimum absolute atomic E-state index is 0.368. The van der Waals surface area contributed by atoms with E-state index in [4.69, 9.17) is 16.3 Å². The molecule has 1 N–H and O–H groups in total. The fraction of sp³-hybridized carbons (Fsp3) is 0.348. The molecule has 3 aromatic rings. The lowest BCUT2D eigenvalue weighted by Gasteiger charge is -2.43. The van der Waals surface area contributed by atoms with Crippen LogP contribution in [0.2, 0.25) is 5.02 Å². The number of pyridine rings is 2. The number of nitrogens with zero attached hydrogens (tertiary/aromatic N) is 2. The molecule has 0 aliphatic heterocycles. The minimum atomic E-state index is -0.521. The van der Waals surface area contributed by atoms with Gasteiger partial charge in [-0.2, -0.15) is 0 Å².